The molecule has 0 spiro atoms. The van der Waals surface area contributed by atoms with Gasteiger partial charge >= 0.3 is 0 Å². The zero-order valence-corrected chi connectivity index (χ0v) is 43.3. The Morgan fingerprint density at radius 1 is 0.200 bits per heavy atom. The summed E-state index contributed by atoms with van der Waals surface area (Å²) in [5, 5.41) is 13.7. The van der Waals surface area contributed by atoms with Gasteiger partial charge in [0.15, 0.2) is 0 Å². The summed E-state index contributed by atoms with van der Waals surface area (Å²) in [4.78, 5) is 20.9. The average Bonchev–Trinajstić information content (AvgIpc) is 4.47. The smallest absolute Gasteiger partial charge is 0.0816 e. The van der Waals surface area contributed by atoms with Crippen molar-refractivity contribution in [3.8, 4) is 89.5 Å². The lowest BCUT2D eigenvalue weighted by Gasteiger charge is -2.10. The van der Waals surface area contributed by atoms with Crippen molar-refractivity contribution < 1.29 is 0 Å². The second-order valence-electron chi connectivity index (χ2n) is 21.3. The van der Waals surface area contributed by atoms with Crippen LogP contribution in [0.3, 0.4) is 0 Å². The highest BCUT2D eigenvalue weighted by Gasteiger charge is 2.31. The molecular weight excluding hydrogens is 969 g/mol. The first kappa shape index (κ1) is 44.4. The number of hydrogen-bond donors (Lipinski definition) is 2. The number of nitrogens with zero attached hydrogens (tertiary/aromatic N) is 2. The zero-order chi connectivity index (χ0) is 52.4. The second-order valence-corrected chi connectivity index (χ2v) is 21.3. The van der Waals surface area contributed by atoms with Gasteiger partial charge in [0.2, 0.25) is 0 Å². The van der Waals surface area contributed by atoms with Crippen LogP contribution in [0.2, 0.25) is 0 Å². The molecule has 4 nitrogen and oxygen atoms in total. The molecule has 3 aliphatic rings. The highest BCUT2D eigenvalue weighted by Crippen LogP contribution is 2.53. The Labute approximate surface area is 460 Å². The average molecular weight is 1020 g/mol. The van der Waals surface area contributed by atoms with E-state index < -0.39 is 0 Å². The highest BCUT2D eigenvalue weighted by atomic mass is 14.8. The van der Waals surface area contributed by atoms with Gasteiger partial charge in [0, 0.05) is 66.1 Å². The van der Waals surface area contributed by atoms with Gasteiger partial charge in [0.1, 0.15) is 0 Å². The second kappa shape index (κ2) is 17.4. The van der Waals surface area contributed by atoms with Crippen molar-refractivity contribution in [2.45, 2.75) is 0 Å². The van der Waals surface area contributed by atoms with Crippen molar-refractivity contribution in [3.05, 3.63) is 267 Å². The number of fused-ring (bicyclic) bond motifs is 4. The molecule has 2 aromatic heterocycles. The van der Waals surface area contributed by atoms with Crippen LogP contribution >= 0.6 is 0 Å². The van der Waals surface area contributed by atoms with Crippen LogP contribution in [0.4, 0.5) is 0 Å². The monoisotopic (exact) mass is 1010 g/mol. The lowest BCUT2D eigenvalue weighted by molar-refractivity contribution is 1.39. The molecule has 0 fully saturated rings. The van der Waals surface area contributed by atoms with E-state index in [0.717, 1.165) is 176 Å². The van der Waals surface area contributed by atoms with Crippen molar-refractivity contribution in [3.63, 3.8) is 0 Å². The fourth-order valence-electron chi connectivity index (χ4n) is 13.1. The van der Waals surface area contributed by atoms with E-state index in [1.54, 1.807) is 0 Å². The third-order valence-corrected chi connectivity index (χ3v) is 16.8. The number of H-pyrrole nitrogens is 2. The van der Waals surface area contributed by atoms with Crippen LogP contribution in [-0.2, 0) is 0 Å². The van der Waals surface area contributed by atoms with Crippen LogP contribution < -0.4 is 0 Å². The van der Waals surface area contributed by atoms with E-state index in [9.17, 15) is 0 Å². The minimum Gasteiger partial charge on any atom is -0.353 e. The molecule has 8 bridgehead atoms. The summed E-state index contributed by atoms with van der Waals surface area (Å²) in [6.45, 7) is 0. The Kier molecular flexibility index (Phi) is 9.68. The summed E-state index contributed by atoms with van der Waals surface area (Å²) >= 11 is 0. The summed E-state index contributed by atoms with van der Waals surface area (Å²) in [5.41, 5.74) is 20.2. The third kappa shape index (κ3) is 6.76. The van der Waals surface area contributed by atoms with Gasteiger partial charge < -0.3 is 9.97 Å². The van der Waals surface area contributed by atoms with Crippen LogP contribution in [0.25, 0.3) is 176 Å². The molecule has 0 amide bonds. The van der Waals surface area contributed by atoms with Crippen molar-refractivity contribution in [1.82, 2.24) is 19.9 Å². The van der Waals surface area contributed by atoms with E-state index in [2.05, 4.69) is 277 Å². The molecule has 12 aromatic carbocycles. The number of benzene rings is 12. The molecule has 0 saturated carbocycles. The zero-order valence-electron chi connectivity index (χ0n) is 43.3. The van der Waals surface area contributed by atoms with Crippen LogP contribution in [0.5, 0.6) is 0 Å². The van der Waals surface area contributed by atoms with Crippen LogP contribution in [0.1, 0.15) is 0 Å². The van der Waals surface area contributed by atoms with Gasteiger partial charge in [-0.3, -0.25) is 0 Å². The van der Waals surface area contributed by atoms with E-state index in [0.29, 0.717) is 0 Å². The van der Waals surface area contributed by atoms with Crippen molar-refractivity contribution in [2.24, 2.45) is 0 Å². The number of aromatic nitrogens is 4. The van der Waals surface area contributed by atoms with E-state index in [1.165, 1.54) is 0 Å². The predicted octanol–water partition coefficient (Wildman–Crippen LogP) is 20.6. The first-order valence-corrected chi connectivity index (χ1v) is 27.5. The van der Waals surface area contributed by atoms with Gasteiger partial charge in [-0.25, -0.2) is 9.97 Å². The van der Waals surface area contributed by atoms with Crippen molar-refractivity contribution in [1.29, 1.82) is 0 Å². The molecule has 0 atom stereocenters. The van der Waals surface area contributed by atoms with Crippen LogP contribution in [0, 0.1) is 0 Å². The molecule has 80 heavy (non-hydrogen) atoms. The van der Waals surface area contributed by atoms with Gasteiger partial charge in [-0.15, -0.1) is 0 Å². The standard InChI is InChI=1S/C76H46N4/c1-5-21-45(22-6-1)65-69-57-37-49-29-13-15-31-51(49)39-59(57)71(77-69)66(46-23-7-2-8-24-46)73-61-41-53-33-17-19-35-55(53)43-63(61)75(79-73)68(48-27-11-4-12-28-48)76-64-44-56-36-20-18-34-54(56)42-62(64)74(80-76)67(47-25-9-3-10-26-47)72-60-40-52-32-16-14-30-50(52)38-58(60)70(65)78-72/h1-44,77,80H. The minimum atomic E-state index is 0.903. The molecular formula is C76H46N4. The van der Waals surface area contributed by atoms with Gasteiger partial charge in [-0.1, -0.05) is 218 Å². The van der Waals surface area contributed by atoms with Gasteiger partial charge in [0.25, 0.3) is 0 Å². The molecule has 1 aliphatic carbocycles. The maximum absolute atomic E-state index is 6.16. The Bertz CT molecular complexity index is 4620. The number of hydrogen-bond acceptors (Lipinski definition) is 2. The molecule has 4 heterocycles. The number of nitrogens with one attached hydrogen (secondary N) is 2. The van der Waals surface area contributed by atoms with Crippen molar-refractivity contribution in [2.75, 3.05) is 0 Å². The number of rotatable bonds is 4. The third-order valence-electron chi connectivity index (χ3n) is 16.8. The Balaban J connectivity index is 1.23. The summed E-state index contributed by atoms with van der Waals surface area (Å²) < 4.78 is 0. The Morgan fingerprint density at radius 3 is 0.600 bits per heavy atom. The summed E-state index contributed by atoms with van der Waals surface area (Å²) in [7, 11) is 0. The highest BCUT2D eigenvalue weighted by molar-refractivity contribution is 6.25. The molecule has 370 valence electrons. The summed E-state index contributed by atoms with van der Waals surface area (Å²) in [6, 6.07) is 97.5. The van der Waals surface area contributed by atoms with E-state index in [4.69, 9.17) is 9.97 Å². The molecule has 0 radical (unpaired) electrons. The van der Waals surface area contributed by atoms with Gasteiger partial charge in [-0.05, 0) is 114 Å². The first-order valence-electron chi connectivity index (χ1n) is 27.5. The van der Waals surface area contributed by atoms with E-state index in [1.807, 2.05) is 0 Å². The Morgan fingerprint density at radius 2 is 0.388 bits per heavy atom. The molecule has 17 rings (SSSR count). The molecule has 2 aliphatic heterocycles. The predicted molar refractivity (Wildman–Crippen MR) is 337 cm³/mol. The molecule has 4 heteroatoms. The molecule has 2 N–H and O–H groups in total. The maximum atomic E-state index is 6.16. The van der Waals surface area contributed by atoms with Gasteiger partial charge in [0.05, 0.1) is 44.8 Å². The normalized spacial score (nSPS) is 12.0. The minimum absolute atomic E-state index is 0.903. The fourth-order valence-corrected chi connectivity index (χ4v) is 13.1. The van der Waals surface area contributed by atoms with E-state index in [-0.39, 0.29) is 0 Å². The SMILES string of the molecule is c1ccc(-c2c3nc(c(-c4ccccc4)c4[nH]c(c(-c5ccccc5)c5nc(c(-c6ccccc6)c6[nH]c2c2cc7ccccc7cc62)-c2cc6ccccc6cc2-5)c2cc5ccccc5cc42)-c2cc4ccccc4cc2-3)cc1. The summed E-state index contributed by atoms with van der Waals surface area (Å²) in [6.07, 6.45) is 0. The lowest BCUT2D eigenvalue weighted by atomic mass is 9.91. The van der Waals surface area contributed by atoms with Crippen LogP contribution in [-0.4, -0.2) is 19.9 Å². The molecule has 0 unspecified atom stereocenters. The molecule has 0 saturated heterocycles. The quantitative estimate of drug-likeness (QED) is 0.185. The number of aromatic amines is 2. The largest absolute Gasteiger partial charge is 0.353 e. The first-order chi connectivity index (χ1) is 39.7. The van der Waals surface area contributed by atoms with E-state index >= 15 is 0 Å². The van der Waals surface area contributed by atoms with Crippen LogP contribution in [0.15, 0.2) is 267 Å². The lowest BCUT2D eigenvalue weighted by Crippen LogP contribution is -1.87. The Hall–Kier alpha value is -10.7. The topological polar surface area (TPSA) is 57.4 Å². The summed E-state index contributed by atoms with van der Waals surface area (Å²) in [5.74, 6) is 0. The van der Waals surface area contributed by atoms with Gasteiger partial charge in [-0.2, -0.15) is 0 Å². The maximum Gasteiger partial charge on any atom is 0.0816 e. The fraction of sp³-hybridized carbons (Fsp3) is 0. The van der Waals surface area contributed by atoms with Crippen molar-refractivity contribution >= 4 is 86.7 Å². The molecule has 14 aromatic rings.